The summed E-state index contributed by atoms with van der Waals surface area (Å²) in [4.78, 5) is 20.1. The second-order valence-electron chi connectivity index (χ2n) is 5.29. The minimum Gasteiger partial charge on any atom is -0.351 e. The summed E-state index contributed by atoms with van der Waals surface area (Å²) < 4.78 is 38.8. The molecule has 0 spiro atoms. The summed E-state index contributed by atoms with van der Waals surface area (Å²) in [5.74, 6) is -0.348. The SMILES string of the molecule is CCCNC(=O)c1cc(C)nc(Nc2ccc(Cl)c(C(F)(F)F)c2)n1. The molecule has 9 heteroatoms. The molecule has 1 heterocycles. The van der Waals surface area contributed by atoms with Crippen molar-refractivity contribution in [1.29, 1.82) is 0 Å². The van der Waals surface area contributed by atoms with Crippen LogP contribution in [0, 0.1) is 6.92 Å². The summed E-state index contributed by atoms with van der Waals surface area (Å²) in [6, 6.07) is 4.88. The minimum absolute atomic E-state index is 0.0251. The Bertz CT molecular complexity index is 780. The Labute approximate surface area is 147 Å². The highest BCUT2D eigenvalue weighted by molar-refractivity contribution is 6.31. The smallest absolute Gasteiger partial charge is 0.351 e. The number of halogens is 4. The van der Waals surface area contributed by atoms with Crippen LogP contribution in [0.2, 0.25) is 5.02 Å². The van der Waals surface area contributed by atoms with Crippen molar-refractivity contribution in [2.75, 3.05) is 11.9 Å². The molecule has 0 aliphatic carbocycles. The fraction of sp³-hybridized carbons (Fsp3) is 0.312. The molecule has 0 saturated carbocycles. The number of alkyl halides is 3. The van der Waals surface area contributed by atoms with Crippen LogP contribution >= 0.6 is 11.6 Å². The van der Waals surface area contributed by atoms with E-state index in [-0.39, 0.29) is 23.2 Å². The molecular formula is C16H16ClF3N4O. The Balaban J connectivity index is 2.29. The van der Waals surface area contributed by atoms with E-state index in [0.29, 0.717) is 12.2 Å². The van der Waals surface area contributed by atoms with Crippen molar-refractivity contribution in [2.24, 2.45) is 0 Å². The number of carbonyl (C=O) groups is 1. The number of aromatic nitrogens is 2. The lowest BCUT2D eigenvalue weighted by Crippen LogP contribution is -2.25. The van der Waals surface area contributed by atoms with Crippen LogP contribution in [0.4, 0.5) is 24.8 Å². The Hall–Kier alpha value is -2.35. The molecule has 1 aromatic heterocycles. The van der Waals surface area contributed by atoms with Gasteiger partial charge in [0.05, 0.1) is 10.6 Å². The van der Waals surface area contributed by atoms with Crippen molar-refractivity contribution < 1.29 is 18.0 Å². The van der Waals surface area contributed by atoms with E-state index in [1.54, 1.807) is 6.92 Å². The number of hydrogen-bond donors (Lipinski definition) is 2. The first-order chi connectivity index (χ1) is 11.7. The molecular weight excluding hydrogens is 357 g/mol. The van der Waals surface area contributed by atoms with E-state index in [1.165, 1.54) is 12.1 Å². The van der Waals surface area contributed by atoms with Gasteiger partial charge in [-0.15, -0.1) is 0 Å². The molecule has 0 unspecified atom stereocenters. The third-order valence-electron chi connectivity index (χ3n) is 3.15. The van der Waals surface area contributed by atoms with E-state index >= 15 is 0 Å². The van der Waals surface area contributed by atoms with Gasteiger partial charge in [-0.3, -0.25) is 4.79 Å². The van der Waals surface area contributed by atoms with E-state index in [1.807, 2.05) is 6.92 Å². The fourth-order valence-corrected chi connectivity index (χ4v) is 2.24. The zero-order chi connectivity index (χ0) is 18.6. The fourth-order valence-electron chi connectivity index (χ4n) is 2.02. The molecule has 0 radical (unpaired) electrons. The third-order valence-corrected chi connectivity index (χ3v) is 3.48. The molecule has 0 fully saturated rings. The molecule has 2 rings (SSSR count). The van der Waals surface area contributed by atoms with E-state index in [2.05, 4.69) is 20.6 Å². The van der Waals surface area contributed by atoms with Gasteiger partial charge in [-0.25, -0.2) is 9.97 Å². The van der Waals surface area contributed by atoms with E-state index in [9.17, 15) is 18.0 Å². The first kappa shape index (κ1) is 19.0. The Morgan fingerprint density at radius 1 is 1.24 bits per heavy atom. The van der Waals surface area contributed by atoms with Crippen LogP contribution in [-0.4, -0.2) is 22.4 Å². The van der Waals surface area contributed by atoms with Crippen LogP contribution in [0.25, 0.3) is 0 Å². The first-order valence-corrected chi connectivity index (χ1v) is 7.86. The van der Waals surface area contributed by atoms with Gasteiger partial charge < -0.3 is 10.6 Å². The lowest BCUT2D eigenvalue weighted by atomic mass is 10.2. The zero-order valence-corrected chi connectivity index (χ0v) is 14.3. The standard InChI is InChI=1S/C16H16ClF3N4O/c1-3-6-21-14(25)13-7-9(2)22-15(24-13)23-10-4-5-12(17)11(8-10)16(18,19)20/h4-5,7-8H,3,6H2,1-2H3,(H,21,25)(H,22,23,24). The second kappa shape index (κ2) is 7.69. The van der Waals surface area contributed by atoms with Gasteiger partial charge >= 0.3 is 6.18 Å². The number of amides is 1. The number of carbonyl (C=O) groups excluding carboxylic acids is 1. The summed E-state index contributed by atoms with van der Waals surface area (Å²) in [6.07, 6.45) is -3.81. The number of benzene rings is 1. The van der Waals surface area contributed by atoms with E-state index in [0.717, 1.165) is 18.6 Å². The summed E-state index contributed by atoms with van der Waals surface area (Å²) in [6.45, 7) is 4.07. The van der Waals surface area contributed by atoms with Crippen LogP contribution < -0.4 is 10.6 Å². The molecule has 2 aromatic rings. The summed E-state index contributed by atoms with van der Waals surface area (Å²) >= 11 is 5.59. The molecule has 0 aliphatic rings. The molecule has 0 saturated heterocycles. The third kappa shape index (κ3) is 5.06. The molecule has 0 aliphatic heterocycles. The topological polar surface area (TPSA) is 66.9 Å². The summed E-state index contributed by atoms with van der Waals surface area (Å²) in [5.41, 5.74) is -0.215. The van der Waals surface area contributed by atoms with Crippen molar-refractivity contribution in [3.8, 4) is 0 Å². The predicted molar refractivity (Wildman–Crippen MR) is 89.1 cm³/mol. The van der Waals surface area contributed by atoms with Crippen LogP contribution in [0.1, 0.15) is 35.1 Å². The summed E-state index contributed by atoms with van der Waals surface area (Å²) in [7, 11) is 0. The number of nitrogens with zero attached hydrogens (tertiary/aromatic N) is 2. The van der Waals surface area contributed by atoms with Crippen molar-refractivity contribution in [3.63, 3.8) is 0 Å². The Morgan fingerprint density at radius 3 is 2.60 bits per heavy atom. The number of anilines is 2. The quantitative estimate of drug-likeness (QED) is 0.819. The van der Waals surface area contributed by atoms with Gasteiger partial charge in [-0.1, -0.05) is 18.5 Å². The highest BCUT2D eigenvalue weighted by Gasteiger charge is 2.33. The molecule has 5 nitrogen and oxygen atoms in total. The molecule has 1 aromatic carbocycles. The highest BCUT2D eigenvalue weighted by Crippen LogP contribution is 2.36. The van der Waals surface area contributed by atoms with Crippen LogP contribution in [0.3, 0.4) is 0 Å². The first-order valence-electron chi connectivity index (χ1n) is 7.48. The maximum Gasteiger partial charge on any atom is 0.417 e. The second-order valence-corrected chi connectivity index (χ2v) is 5.70. The summed E-state index contributed by atoms with van der Waals surface area (Å²) in [5, 5.41) is 4.96. The molecule has 0 bridgehead atoms. The van der Waals surface area contributed by atoms with Gasteiger partial charge in [0.2, 0.25) is 5.95 Å². The maximum atomic E-state index is 12.9. The molecule has 2 N–H and O–H groups in total. The van der Waals surface area contributed by atoms with Gasteiger partial charge in [0, 0.05) is 17.9 Å². The average molecular weight is 373 g/mol. The zero-order valence-electron chi connectivity index (χ0n) is 13.5. The Morgan fingerprint density at radius 2 is 1.96 bits per heavy atom. The van der Waals surface area contributed by atoms with Gasteiger partial charge in [-0.05, 0) is 37.6 Å². The van der Waals surface area contributed by atoms with E-state index in [4.69, 9.17) is 11.6 Å². The largest absolute Gasteiger partial charge is 0.417 e. The predicted octanol–water partition coefficient (Wildman–Crippen LogP) is 4.34. The van der Waals surface area contributed by atoms with Gasteiger partial charge in [0.25, 0.3) is 5.91 Å². The molecule has 0 atom stereocenters. The van der Waals surface area contributed by atoms with Crippen molar-refractivity contribution in [2.45, 2.75) is 26.4 Å². The van der Waals surface area contributed by atoms with Crippen molar-refractivity contribution in [3.05, 3.63) is 46.2 Å². The highest BCUT2D eigenvalue weighted by atomic mass is 35.5. The average Bonchev–Trinajstić information content (AvgIpc) is 2.52. The number of nitrogens with one attached hydrogen (secondary N) is 2. The lowest BCUT2D eigenvalue weighted by molar-refractivity contribution is -0.137. The lowest BCUT2D eigenvalue weighted by Gasteiger charge is -2.12. The molecule has 25 heavy (non-hydrogen) atoms. The van der Waals surface area contributed by atoms with E-state index < -0.39 is 16.8 Å². The number of rotatable bonds is 5. The minimum atomic E-state index is -4.58. The van der Waals surface area contributed by atoms with Crippen molar-refractivity contribution >= 4 is 29.1 Å². The van der Waals surface area contributed by atoms with Gasteiger partial charge in [0.1, 0.15) is 5.69 Å². The maximum absolute atomic E-state index is 12.9. The van der Waals surface area contributed by atoms with Crippen molar-refractivity contribution in [1.82, 2.24) is 15.3 Å². The monoisotopic (exact) mass is 372 g/mol. The van der Waals surface area contributed by atoms with Crippen LogP contribution in [0.5, 0.6) is 0 Å². The molecule has 134 valence electrons. The van der Waals surface area contributed by atoms with Crippen LogP contribution in [0.15, 0.2) is 24.3 Å². The number of hydrogen-bond acceptors (Lipinski definition) is 4. The van der Waals surface area contributed by atoms with Gasteiger partial charge in [-0.2, -0.15) is 13.2 Å². The van der Waals surface area contributed by atoms with Crippen LogP contribution in [-0.2, 0) is 6.18 Å². The van der Waals surface area contributed by atoms with Gasteiger partial charge in [0.15, 0.2) is 0 Å². The normalized spacial score (nSPS) is 11.3. The molecule has 1 amide bonds. The number of aryl methyl sites for hydroxylation is 1. The Kier molecular flexibility index (Phi) is 5.84.